The van der Waals surface area contributed by atoms with E-state index >= 15 is 0 Å². The third-order valence-electron chi connectivity index (χ3n) is 3.33. The largest absolute Gasteiger partial charge is 0.301 e. The Morgan fingerprint density at radius 2 is 1.83 bits per heavy atom. The van der Waals surface area contributed by atoms with E-state index in [1.807, 2.05) is 31.2 Å². The van der Waals surface area contributed by atoms with Crippen LogP contribution in [0.15, 0.2) is 35.9 Å². The Labute approximate surface area is 105 Å². The van der Waals surface area contributed by atoms with E-state index in [2.05, 4.69) is 0 Å². The number of rotatable bonds is 2. The summed E-state index contributed by atoms with van der Waals surface area (Å²) >= 11 is 0. The van der Waals surface area contributed by atoms with E-state index in [0.717, 1.165) is 11.1 Å². The normalized spacial score (nSPS) is 33.6. The number of Topliss-reactive ketones (excluding diaryl/α,β-unsaturated/α-hetero) is 1. The quantitative estimate of drug-likeness (QED) is 0.751. The van der Waals surface area contributed by atoms with Gasteiger partial charge in [0, 0.05) is 5.56 Å². The van der Waals surface area contributed by atoms with Gasteiger partial charge in [-0.1, -0.05) is 29.8 Å². The van der Waals surface area contributed by atoms with Crippen molar-refractivity contribution in [3.63, 3.8) is 0 Å². The second-order valence-corrected chi connectivity index (χ2v) is 4.86. The molecule has 0 aromatic heterocycles. The zero-order chi connectivity index (χ0) is 13.0. The highest BCUT2D eigenvalue weighted by atomic mass is 17.3. The summed E-state index contributed by atoms with van der Waals surface area (Å²) in [5, 5.41) is 0. The highest BCUT2D eigenvalue weighted by Gasteiger charge is 2.59. The van der Waals surface area contributed by atoms with Gasteiger partial charge in [0.15, 0.2) is 5.78 Å². The second-order valence-electron chi connectivity index (χ2n) is 4.86. The lowest BCUT2D eigenvalue weighted by Crippen LogP contribution is -2.29. The molecule has 0 amide bonds. The van der Waals surface area contributed by atoms with Gasteiger partial charge in [-0.2, -0.15) is 9.78 Å². The first kappa shape index (κ1) is 11.6. The highest BCUT2D eigenvalue weighted by Crippen LogP contribution is 2.51. The summed E-state index contributed by atoms with van der Waals surface area (Å²) in [4.78, 5) is 22.1. The van der Waals surface area contributed by atoms with Gasteiger partial charge in [-0.05, 0) is 26.8 Å². The Morgan fingerprint density at radius 3 is 2.39 bits per heavy atom. The van der Waals surface area contributed by atoms with Crippen molar-refractivity contribution in [2.24, 2.45) is 0 Å². The first-order chi connectivity index (χ1) is 8.45. The summed E-state index contributed by atoms with van der Waals surface area (Å²) in [6, 6.07) is 7.74. The number of hydrogen-bond acceptors (Lipinski definition) is 4. The number of ketones is 1. The average molecular weight is 246 g/mol. The number of carbonyl (C=O) groups is 1. The fourth-order valence-corrected chi connectivity index (χ4v) is 2.34. The molecular weight excluding hydrogens is 232 g/mol. The van der Waals surface area contributed by atoms with Gasteiger partial charge in [0.05, 0.1) is 5.57 Å². The zero-order valence-electron chi connectivity index (χ0n) is 10.5. The third-order valence-corrected chi connectivity index (χ3v) is 3.33. The van der Waals surface area contributed by atoms with Crippen molar-refractivity contribution in [1.82, 2.24) is 0 Å². The van der Waals surface area contributed by atoms with Crippen LogP contribution in [0.2, 0.25) is 0 Å². The fourth-order valence-electron chi connectivity index (χ4n) is 2.34. The standard InChI is InChI=1S/C14H14O4/c1-9-4-6-11(7-5-9)14-8-12(10(2)15)13(3,16-14)17-18-14/h4-8H,1-3H3/t13-,14-/m0/s1. The van der Waals surface area contributed by atoms with E-state index in [0.29, 0.717) is 5.57 Å². The van der Waals surface area contributed by atoms with Gasteiger partial charge < -0.3 is 4.74 Å². The highest BCUT2D eigenvalue weighted by molar-refractivity contribution is 5.95. The Hall–Kier alpha value is -1.49. The fraction of sp³-hybridized carbons (Fsp3) is 0.357. The van der Waals surface area contributed by atoms with E-state index in [4.69, 9.17) is 14.5 Å². The van der Waals surface area contributed by atoms with Crippen LogP contribution in [0.25, 0.3) is 0 Å². The molecule has 2 aliphatic heterocycles. The number of benzene rings is 1. The molecule has 0 unspecified atom stereocenters. The molecule has 18 heavy (non-hydrogen) atoms. The zero-order valence-corrected chi connectivity index (χ0v) is 10.5. The molecule has 1 aromatic carbocycles. The molecule has 94 valence electrons. The maximum absolute atomic E-state index is 11.6. The molecule has 1 aromatic rings. The molecule has 4 nitrogen and oxygen atoms in total. The SMILES string of the molecule is CC(=O)C1=C[C@@]2(c3ccc(C)cc3)OO[C@]1(C)O2. The van der Waals surface area contributed by atoms with Crippen LogP contribution in [0, 0.1) is 6.92 Å². The van der Waals surface area contributed by atoms with Gasteiger partial charge in [0.1, 0.15) is 0 Å². The van der Waals surface area contributed by atoms with Crippen molar-refractivity contribution in [3.8, 4) is 0 Å². The summed E-state index contributed by atoms with van der Waals surface area (Å²) in [7, 11) is 0. The predicted molar refractivity (Wildman–Crippen MR) is 63.3 cm³/mol. The molecule has 2 heterocycles. The molecule has 4 heteroatoms. The minimum absolute atomic E-state index is 0.0743. The van der Waals surface area contributed by atoms with Gasteiger partial charge in [0.2, 0.25) is 5.79 Å². The third kappa shape index (κ3) is 1.47. The number of aryl methyl sites for hydroxylation is 1. The van der Waals surface area contributed by atoms with E-state index < -0.39 is 11.6 Å². The Morgan fingerprint density at radius 1 is 1.17 bits per heavy atom. The van der Waals surface area contributed by atoms with Crippen LogP contribution >= 0.6 is 0 Å². The van der Waals surface area contributed by atoms with Crippen molar-refractivity contribution in [3.05, 3.63) is 47.0 Å². The van der Waals surface area contributed by atoms with Gasteiger partial charge in [-0.3, -0.25) is 4.79 Å². The predicted octanol–water partition coefficient (Wildman–Crippen LogP) is 2.37. The Bertz CT molecular complexity index is 545. The lowest BCUT2D eigenvalue weighted by Gasteiger charge is -2.19. The first-order valence-corrected chi connectivity index (χ1v) is 5.84. The van der Waals surface area contributed by atoms with E-state index in [1.54, 1.807) is 13.0 Å². The average Bonchev–Trinajstić information content (AvgIpc) is 2.81. The summed E-state index contributed by atoms with van der Waals surface area (Å²) in [5.41, 5.74) is 2.45. The second kappa shape index (κ2) is 3.51. The van der Waals surface area contributed by atoms with Crippen LogP contribution in [0.1, 0.15) is 25.0 Å². The van der Waals surface area contributed by atoms with Crippen molar-refractivity contribution < 1.29 is 19.3 Å². The molecular formula is C14H14O4. The maximum atomic E-state index is 11.6. The van der Waals surface area contributed by atoms with Gasteiger partial charge in [0.25, 0.3) is 5.79 Å². The topological polar surface area (TPSA) is 44.8 Å². The van der Waals surface area contributed by atoms with Crippen LogP contribution in [0.5, 0.6) is 0 Å². The molecule has 0 aliphatic carbocycles. The minimum atomic E-state index is -1.10. The molecule has 1 fully saturated rings. The van der Waals surface area contributed by atoms with Crippen LogP contribution in [0.4, 0.5) is 0 Å². The minimum Gasteiger partial charge on any atom is -0.301 e. The van der Waals surface area contributed by atoms with Gasteiger partial charge in [-0.15, -0.1) is 0 Å². The van der Waals surface area contributed by atoms with Crippen LogP contribution in [-0.2, 0) is 25.1 Å². The molecule has 2 bridgehead atoms. The van der Waals surface area contributed by atoms with Crippen LogP contribution in [0.3, 0.4) is 0 Å². The molecule has 0 radical (unpaired) electrons. The van der Waals surface area contributed by atoms with E-state index in [-0.39, 0.29) is 5.78 Å². The number of carbonyl (C=O) groups excluding carboxylic acids is 1. The van der Waals surface area contributed by atoms with Crippen LogP contribution < -0.4 is 0 Å². The summed E-state index contributed by atoms with van der Waals surface area (Å²) in [5.74, 6) is -2.27. The molecule has 2 atom stereocenters. The van der Waals surface area contributed by atoms with Crippen molar-refractivity contribution in [2.75, 3.05) is 0 Å². The maximum Gasteiger partial charge on any atom is 0.250 e. The summed E-state index contributed by atoms with van der Waals surface area (Å²) in [6.07, 6.45) is 1.70. The van der Waals surface area contributed by atoms with Crippen molar-refractivity contribution in [2.45, 2.75) is 32.3 Å². The molecule has 3 rings (SSSR count). The summed E-state index contributed by atoms with van der Waals surface area (Å²) in [6.45, 7) is 5.18. The number of ether oxygens (including phenoxy) is 1. The molecule has 0 spiro atoms. The lowest BCUT2D eigenvalue weighted by atomic mass is 10.00. The smallest absolute Gasteiger partial charge is 0.250 e. The molecule has 2 aliphatic rings. The number of hydrogen-bond donors (Lipinski definition) is 0. The number of fused-ring (bicyclic) bond motifs is 2. The van der Waals surface area contributed by atoms with Gasteiger partial charge in [-0.25, -0.2) is 0 Å². The van der Waals surface area contributed by atoms with Crippen LogP contribution in [-0.4, -0.2) is 11.6 Å². The molecule has 1 saturated heterocycles. The Balaban J connectivity index is 2.08. The van der Waals surface area contributed by atoms with E-state index in [9.17, 15) is 4.79 Å². The lowest BCUT2D eigenvalue weighted by molar-refractivity contribution is -0.341. The Kier molecular flexibility index (Phi) is 2.26. The van der Waals surface area contributed by atoms with Crippen molar-refractivity contribution >= 4 is 5.78 Å². The summed E-state index contributed by atoms with van der Waals surface area (Å²) < 4.78 is 5.79. The van der Waals surface area contributed by atoms with Gasteiger partial charge >= 0.3 is 0 Å². The molecule has 0 saturated carbocycles. The van der Waals surface area contributed by atoms with Crippen molar-refractivity contribution in [1.29, 1.82) is 0 Å². The first-order valence-electron chi connectivity index (χ1n) is 5.84. The molecule has 0 N–H and O–H groups in total. The van der Waals surface area contributed by atoms with E-state index in [1.165, 1.54) is 6.92 Å². The monoisotopic (exact) mass is 246 g/mol.